The molecule has 0 amide bonds. The van der Waals surface area contributed by atoms with Crippen molar-refractivity contribution in [2.75, 3.05) is 18.0 Å². The van der Waals surface area contributed by atoms with Gasteiger partial charge in [-0.1, -0.05) is 6.92 Å². The highest BCUT2D eigenvalue weighted by molar-refractivity contribution is 7.16. The number of anilines is 1. The van der Waals surface area contributed by atoms with Gasteiger partial charge in [0.15, 0.2) is 0 Å². The Kier molecular flexibility index (Phi) is 2.59. The summed E-state index contributed by atoms with van der Waals surface area (Å²) < 4.78 is 1.21. The van der Waals surface area contributed by atoms with Crippen molar-refractivity contribution in [3.05, 3.63) is 23.7 Å². The lowest BCUT2D eigenvalue weighted by Crippen LogP contribution is -2.39. The van der Waals surface area contributed by atoms with Crippen LogP contribution in [0.2, 0.25) is 0 Å². The number of carbonyl (C=O) groups excluding carboxylic acids is 1. The van der Waals surface area contributed by atoms with Gasteiger partial charge in [0, 0.05) is 31.1 Å². The van der Waals surface area contributed by atoms with E-state index in [0.29, 0.717) is 12.2 Å². The summed E-state index contributed by atoms with van der Waals surface area (Å²) in [5.74, 6) is 0.543. The first-order chi connectivity index (χ1) is 8.24. The van der Waals surface area contributed by atoms with Gasteiger partial charge in [0.2, 0.25) is 0 Å². The maximum Gasteiger partial charge on any atom is 0.139 e. The largest absolute Gasteiger partial charge is 0.370 e. The third-order valence-corrected chi connectivity index (χ3v) is 4.14. The molecule has 1 aliphatic heterocycles. The summed E-state index contributed by atoms with van der Waals surface area (Å²) in [5, 5.41) is 0. The normalized spacial score (nSPS) is 21.1. The number of Topliss-reactive ketones (excluding diaryl/α,β-unsaturated/α-hetero) is 1. The highest BCUT2D eigenvalue weighted by Gasteiger charge is 2.23. The number of benzene rings is 1. The minimum Gasteiger partial charge on any atom is -0.370 e. The van der Waals surface area contributed by atoms with Crippen LogP contribution in [0.25, 0.3) is 10.2 Å². The smallest absolute Gasteiger partial charge is 0.139 e. The number of hydrogen-bond donors (Lipinski definition) is 0. The molecule has 2 aromatic rings. The van der Waals surface area contributed by atoms with Gasteiger partial charge in [-0.3, -0.25) is 4.79 Å². The molecule has 88 valence electrons. The fraction of sp³-hybridized carbons (Fsp3) is 0.385. The number of nitrogens with zero attached hydrogens (tertiary/aromatic N) is 2. The quantitative estimate of drug-likeness (QED) is 0.775. The second-order valence-corrected chi connectivity index (χ2v) is 5.45. The maximum absolute atomic E-state index is 11.5. The van der Waals surface area contributed by atoms with Crippen LogP contribution >= 0.6 is 11.3 Å². The number of ketones is 1. The number of carbonyl (C=O) groups is 1. The fourth-order valence-electron chi connectivity index (χ4n) is 2.29. The average molecular weight is 246 g/mol. The summed E-state index contributed by atoms with van der Waals surface area (Å²) in [6, 6.07) is 6.34. The number of hydrogen-bond acceptors (Lipinski definition) is 4. The molecule has 0 spiro atoms. The van der Waals surface area contributed by atoms with Gasteiger partial charge in [-0.25, -0.2) is 4.98 Å². The number of rotatable bonds is 1. The molecule has 4 heteroatoms. The second-order valence-electron chi connectivity index (χ2n) is 4.57. The Morgan fingerprint density at radius 2 is 2.35 bits per heavy atom. The molecule has 1 atom stereocenters. The van der Waals surface area contributed by atoms with E-state index in [1.54, 1.807) is 11.3 Å². The Bertz CT molecular complexity index is 563. The van der Waals surface area contributed by atoms with Crippen molar-refractivity contribution < 1.29 is 4.79 Å². The Morgan fingerprint density at radius 1 is 1.47 bits per heavy atom. The van der Waals surface area contributed by atoms with Gasteiger partial charge in [-0.05, 0) is 18.2 Å². The van der Waals surface area contributed by atoms with Gasteiger partial charge in [0.05, 0.1) is 15.7 Å². The Labute approximate surface area is 104 Å². The standard InChI is InChI=1S/C13H14N2OS/c1-9-7-15(5-4-12(9)16)10-2-3-11-13(6-10)17-8-14-11/h2-3,6,8-9H,4-5,7H2,1H3. The number of piperidine rings is 1. The predicted octanol–water partition coefficient (Wildman–Crippen LogP) is 2.71. The third kappa shape index (κ3) is 1.93. The SMILES string of the molecule is CC1CN(c2ccc3ncsc3c2)CCC1=O. The third-order valence-electron chi connectivity index (χ3n) is 3.35. The Balaban J connectivity index is 1.90. The molecule has 1 unspecified atom stereocenters. The molecule has 1 aliphatic rings. The van der Waals surface area contributed by atoms with Crippen LogP contribution in [-0.4, -0.2) is 23.9 Å². The van der Waals surface area contributed by atoms with E-state index in [2.05, 4.69) is 28.1 Å². The van der Waals surface area contributed by atoms with E-state index in [0.717, 1.165) is 18.6 Å². The highest BCUT2D eigenvalue weighted by Crippen LogP contribution is 2.26. The van der Waals surface area contributed by atoms with Crippen molar-refractivity contribution in [1.82, 2.24) is 4.98 Å². The van der Waals surface area contributed by atoms with E-state index in [4.69, 9.17) is 0 Å². The average Bonchev–Trinajstić information content (AvgIpc) is 2.79. The van der Waals surface area contributed by atoms with Crippen molar-refractivity contribution in [2.24, 2.45) is 5.92 Å². The summed E-state index contributed by atoms with van der Waals surface area (Å²) in [5.41, 5.74) is 4.14. The van der Waals surface area contributed by atoms with E-state index in [-0.39, 0.29) is 5.92 Å². The summed E-state index contributed by atoms with van der Waals surface area (Å²) in [4.78, 5) is 18.1. The monoisotopic (exact) mass is 246 g/mol. The van der Waals surface area contributed by atoms with Crippen molar-refractivity contribution in [2.45, 2.75) is 13.3 Å². The summed E-state index contributed by atoms with van der Waals surface area (Å²) in [7, 11) is 0. The molecule has 3 rings (SSSR count). The summed E-state index contributed by atoms with van der Waals surface area (Å²) >= 11 is 1.66. The summed E-state index contributed by atoms with van der Waals surface area (Å²) in [6.45, 7) is 3.69. The van der Waals surface area contributed by atoms with Gasteiger partial charge in [-0.15, -0.1) is 11.3 Å². The van der Waals surface area contributed by atoms with Gasteiger partial charge in [0.25, 0.3) is 0 Å². The lowest BCUT2D eigenvalue weighted by atomic mass is 9.98. The molecular weight excluding hydrogens is 232 g/mol. The van der Waals surface area contributed by atoms with Crippen molar-refractivity contribution in [3.8, 4) is 0 Å². The van der Waals surface area contributed by atoms with Crippen LogP contribution < -0.4 is 4.90 Å². The minimum absolute atomic E-state index is 0.154. The molecule has 0 bridgehead atoms. The molecule has 2 heterocycles. The predicted molar refractivity (Wildman–Crippen MR) is 70.6 cm³/mol. The number of thiazole rings is 1. The van der Waals surface area contributed by atoms with Crippen molar-refractivity contribution >= 4 is 33.0 Å². The second kappa shape index (κ2) is 4.11. The highest BCUT2D eigenvalue weighted by atomic mass is 32.1. The van der Waals surface area contributed by atoms with E-state index >= 15 is 0 Å². The zero-order chi connectivity index (χ0) is 11.8. The summed E-state index contributed by atoms with van der Waals surface area (Å²) in [6.07, 6.45) is 0.669. The minimum atomic E-state index is 0.154. The van der Waals surface area contributed by atoms with Gasteiger partial charge < -0.3 is 4.90 Å². The van der Waals surface area contributed by atoms with E-state index in [1.807, 2.05) is 12.4 Å². The molecule has 3 nitrogen and oxygen atoms in total. The van der Waals surface area contributed by atoms with Crippen LogP contribution in [0.5, 0.6) is 0 Å². The van der Waals surface area contributed by atoms with Gasteiger partial charge in [-0.2, -0.15) is 0 Å². The molecule has 1 fully saturated rings. The molecule has 1 aromatic heterocycles. The van der Waals surface area contributed by atoms with Gasteiger partial charge >= 0.3 is 0 Å². The molecule has 0 N–H and O–H groups in total. The molecule has 0 aliphatic carbocycles. The van der Waals surface area contributed by atoms with Crippen LogP contribution in [0.3, 0.4) is 0 Å². The molecule has 0 radical (unpaired) electrons. The molecule has 17 heavy (non-hydrogen) atoms. The topological polar surface area (TPSA) is 33.2 Å². The van der Waals surface area contributed by atoms with E-state index in [9.17, 15) is 4.79 Å². The van der Waals surface area contributed by atoms with Crippen LogP contribution in [0.4, 0.5) is 5.69 Å². The number of aromatic nitrogens is 1. The van der Waals surface area contributed by atoms with Crippen molar-refractivity contribution in [3.63, 3.8) is 0 Å². The van der Waals surface area contributed by atoms with Crippen LogP contribution in [0.15, 0.2) is 23.7 Å². The first-order valence-electron chi connectivity index (χ1n) is 5.85. The van der Waals surface area contributed by atoms with Crippen LogP contribution in [0.1, 0.15) is 13.3 Å². The Morgan fingerprint density at radius 3 is 3.18 bits per heavy atom. The molecular formula is C13H14N2OS. The van der Waals surface area contributed by atoms with Crippen molar-refractivity contribution in [1.29, 1.82) is 0 Å². The maximum atomic E-state index is 11.5. The first kappa shape index (κ1) is 10.7. The Hall–Kier alpha value is -1.42. The van der Waals surface area contributed by atoms with Crippen LogP contribution in [-0.2, 0) is 4.79 Å². The van der Waals surface area contributed by atoms with Gasteiger partial charge in [0.1, 0.15) is 5.78 Å². The van der Waals surface area contributed by atoms with E-state index in [1.165, 1.54) is 10.4 Å². The van der Waals surface area contributed by atoms with E-state index < -0.39 is 0 Å². The lowest BCUT2D eigenvalue weighted by Gasteiger charge is -2.31. The lowest BCUT2D eigenvalue weighted by molar-refractivity contribution is -0.122. The van der Waals surface area contributed by atoms with Crippen LogP contribution in [0, 0.1) is 5.92 Å². The fourth-order valence-corrected chi connectivity index (χ4v) is 3.00. The molecule has 1 saturated heterocycles. The molecule has 1 aromatic carbocycles. The molecule has 0 saturated carbocycles. The zero-order valence-electron chi connectivity index (χ0n) is 9.72. The zero-order valence-corrected chi connectivity index (χ0v) is 10.5. The first-order valence-corrected chi connectivity index (χ1v) is 6.73. The number of fused-ring (bicyclic) bond motifs is 1.